The lowest BCUT2D eigenvalue weighted by Gasteiger charge is -2.08. The first-order valence-electron chi connectivity index (χ1n) is 7.25. The van der Waals surface area contributed by atoms with Gasteiger partial charge in [0, 0.05) is 33.7 Å². The number of nitrogens with zero attached hydrogens (tertiary/aromatic N) is 1. The number of halogens is 1. The highest BCUT2D eigenvalue weighted by molar-refractivity contribution is 6.31. The minimum Gasteiger partial charge on any atom is -0.508 e. The lowest BCUT2D eigenvalue weighted by molar-refractivity contribution is 0.306. The van der Waals surface area contributed by atoms with Gasteiger partial charge in [0.05, 0.1) is 0 Å². The van der Waals surface area contributed by atoms with Crippen molar-refractivity contribution in [2.45, 2.75) is 26.5 Å². The van der Waals surface area contributed by atoms with Crippen molar-refractivity contribution in [2.24, 2.45) is 0 Å². The number of ether oxygens (including phenoxy) is 1. The van der Waals surface area contributed by atoms with Gasteiger partial charge in [0.25, 0.3) is 0 Å². The van der Waals surface area contributed by atoms with Crippen LogP contribution in [-0.2, 0) is 6.61 Å². The van der Waals surface area contributed by atoms with Crippen LogP contribution in [0.1, 0.15) is 25.5 Å². The molecule has 1 heterocycles. The summed E-state index contributed by atoms with van der Waals surface area (Å²) in [5.74, 6) is 0.959. The van der Waals surface area contributed by atoms with Crippen LogP contribution in [0, 0.1) is 0 Å². The Bertz CT molecular complexity index is 791. The maximum atomic E-state index is 9.30. The first-order valence-corrected chi connectivity index (χ1v) is 7.63. The Kier molecular flexibility index (Phi) is 3.99. The molecule has 0 fully saturated rings. The third kappa shape index (κ3) is 2.90. The van der Waals surface area contributed by atoms with Crippen LogP contribution in [0.2, 0.25) is 5.02 Å². The number of aromatic nitrogens is 1. The van der Waals surface area contributed by atoms with Gasteiger partial charge in [-0.2, -0.15) is 0 Å². The number of hydrogen-bond acceptors (Lipinski definition) is 2. The third-order valence-corrected chi connectivity index (χ3v) is 3.90. The molecule has 0 bridgehead atoms. The van der Waals surface area contributed by atoms with E-state index in [1.165, 1.54) is 0 Å². The minimum atomic E-state index is 0.232. The first-order chi connectivity index (χ1) is 10.5. The summed E-state index contributed by atoms with van der Waals surface area (Å²) in [5.41, 5.74) is 2.25. The number of benzene rings is 2. The quantitative estimate of drug-likeness (QED) is 0.721. The van der Waals surface area contributed by atoms with Gasteiger partial charge in [-0.1, -0.05) is 11.6 Å². The van der Waals surface area contributed by atoms with Crippen LogP contribution in [0.3, 0.4) is 0 Å². The Hall–Kier alpha value is -2.13. The summed E-state index contributed by atoms with van der Waals surface area (Å²) in [6.45, 7) is 4.76. The zero-order valence-electron chi connectivity index (χ0n) is 12.6. The van der Waals surface area contributed by atoms with Crippen LogP contribution in [-0.4, -0.2) is 9.67 Å². The molecule has 3 aromatic rings. The molecule has 22 heavy (non-hydrogen) atoms. The maximum Gasteiger partial charge on any atom is 0.120 e. The molecule has 0 radical (unpaired) electrons. The Morgan fingerprint density at radius 1 is 1.14 bits per heavy atom. The number of fused-ring (bicyclic) bond motifs is 1. The smallest absolute Gasteiger partial charge is 0.120 e. The van der Waals surface area contributed by atoms with E-state index in [1.54, 1.807) is 24.3 Å². The Labute approximate surface area is 134 Å². The van der Waals surface area contributed by atoms with Crippen LogP contribution in [0.25, 0.3) is 10.9 Å². The van der Waals surface area contributed by atoms with Crippen LogP contribution < -0.4 is 4.74 Å². The number of hydrogen-bond donors (Lipinski definition) is 1. The molecular formula is C18H18ClNO2. The standard InChI is InChI=1S/C18H18ClNO2/c1-12(2)20-10-13(17-9-14(19)3-8-18(17)20)11-22-16-6-4-15(21)5-7-16/h3-10,12,21H,11H2,1-2H3. The number of phenols is 1. The van der Waals surface area contributed by atoms with Gasteiger partial charge in [-0.25, -0.2) is 0 Å². The van der Waals surface area contributed by atoms with Crippen molar-refractivity contribution < 1.29 is 9.84 Å². The van der Waals surface area contributed by atoms with Gasteiger partial charge < -0.3 is 14.4 Å². The van der Waals surface area contributed by atoms with Gasteiger partial charge in [-0.05, 0) is 56.3 Å². The third-order valence-electron chi connectivity index (χ3n) is 3.67. The lowest BCUT2D eigenvalue weighted by Crippen LogP contribution is -1.98. The summed E-state index contributed by atoms with van der Waals surface area (Å²) in [6.07, 6.45) is 2.12. The van der Waals surface area contributed by atoms with Gasteiger partial charge in [0.2, 0.25) is 0 Å². The molecule has 0 aliphatic heterocycles. The molecule has 4 heteroatoms. The molecule has 0 aliphatic carbocycles. The zero-order valence-corrected chi connectivity index (χ0v) is 13.3. The summed E-state index contributed by atoms with van der Waals surface area (Å²) in [4.78, 5) is 0. The maximum absolute atomic E-state index is 9.30. The van der Waals surface area contributed by atoms with E-state index in [1.807, 2.05) is 18.2 Å². The molecule has 0 spiro atoms. The Morgan fingerprint density at radius 2 is 1.86 bits per heavy atom. The fourth-order valence-corrected chi connectivity index (χ4v) is 2.72. The molecular weight excluding hydrogens is 298 g/mol. The topological polar surface area (TPSA) is 34.4 Å². The number of phenolic OH excluding ortho intramolecular Hbond substituents is 1. The van der Waals surface area contributed by atoms with Crippen LogP contribution >= 0.6 is 11.6 Å². The number of rotatable bonds is 4. The van der Waals surface area contributed by atoms with E-state index in [-0.39, 0.29) is 5.75 Å². The van der Waals surface area contributed by atoms with Crippen LogP contribution in [0.5, 0.6) is 11.5 Å². The van der Waals surface area contributed by atoms with Crippen molar-refractivity contribution in [3.8, 4) is 11.5 Å². The SMILES string of the molecule is CC(C)n1cc(COc2ccc(O)cc2)c2cc(Cl)ccc21. The largest absolute Gasteiger partial charge is 0.508 e. The second kappa shape index (κ2) is 5.93. The molecule has 0 aliphatic rings. The van der Waals surface area contributed by atoms with Gasteiger partial charge in [-0.3, -0.25) is 0 Å². The van der Waals surface area contributed by atoms with E-state index < -0.39 is 0 Å². The zero-order chi connectivity index (χ0) is 15.7. The minimum absolute atomic E-state index is 0.232. The molecule has 0 atom stereocenters. The van der Waals surface area contributed by atoms with Gasteiger partial charge >= 0.3 is 0 Å². The van der Waals surface area contributed by atoms with Gasteiger partial charge in [-0.15, -0.1) is 0 Å². The average Bonchev–Trinajstić information content (AvgIpc) is 2.85. The summed E-state index contributed by atoms with van der Waals surface area (Å²) in [6, 6.07) is 13.0. The Morgan fingerprint density at radius 3 is 2.55 bits per heavy atom. The van der Waals surface area contributed by atoms with E-state index in [2.05, 4.69) is 24.6 Å². The highest BCUT2D eigenvalue weighted by atomic mass is 35.5. The van der Waals surface area contributed by atoms with Crippen LogP contribution in [0.15, 0.2) is 48.7 Å². The van der Waals surface area contributed by atoms with Crippen molar-refractivity contribution in [2.75, 3.05) is 0 Å². The average molecular weight is 316 g/mol. The summed E-state index contributed by atoms with van der Waals surface area (Å²) < 4.78 is 8.04. The summed E-state index contributed by atoms with van der Waals surface area (Å²) in [5, 5.41) is 11.1. The predicted molar refractivity (Wildman–Crippen MR) is 89.8 cm³/mol. The van der Waals surface area contributed by atoms with Crippen molar-refractivity contribution >= 4 is 22.5 Å². The predicted octanol–water partition coefficient (Wildman–Crippen LogP) is 5.16. The molecule has 0 saturated carbocycles. The molecule has 0 saturated heterocycles. The summed E-state index contributed by atoms with van der Waals surface area (Å²) in [7, 11) is 0. The van der Waals surface area contributed by atoms with E-state index in [9.17, 15) is 5.11 Å². The molecule has 3 nitrogen and oxygen atoms in total. The van der Waals surface area contributed by atoms with Crippen molar-refractivity contribution in [3.05, 3.63) is 59.2 Å². The molecule has 3 rings (SSSR count). The highest BCUT2D eigenvalue weighted by Gasteiger charge is 2.11. The normalized spacial score (nSPS) is 11.3. The fraction of sp³-hybridized carbons (Fsp3) is 0.222. The van der Waals surface area contributed by atoms with Crippen molar-refractivity contribution in [1.29, 1.82) is 0 Å². The molecule has 0 amide bonds. The van der Waals surface area contributed by atoms with E-state index in [0.717, 1.165) is 27.2 Å². The molecule has 114 valence electrons. The van der Waals surface area contributed by atoms with Crippen molar-refractivity contribution in [3.63, 3.8) is 0 Å². The monoisotopic (exact) mass is 315 g/mol. The molecule has 1 aromatic heterocycles. The second-order valence-corrected chi connectivity index (χ2v) is 6.04. The number of aromatic hydroxyl groups is 1. The lowest BCUT2D eigenvalue weighted by atomic mass is 10.2. The van der Waals surface area contributed by atoms with Gasteiger partial charge in [0.1, 0.15) is 18.1 Å². The van der Waals surface area contributed by atoms with E-state index in [4.69, 9.17) is 16.3 Å². The first kappa shape index (κ1) is 14.8. The Balaban J connectivity index is 1.92. The molecule has 0 unspecified atom stereocenters. The van der Waals surface area contributed by atoms with Crippen molar-refractivity contribution in [1.82, 2.24) is 4.57 Å². The molecule has 1 N–H and O–H groups in total. The van der Waals surface area contributed by atoms with Gasteiger partial charge in [0.15, 0.2) is 0 Å². The van der Waals surface area contributed by atoms with E-state index in [0.29, 0.717) is 12.6 Å². The fourth-order valence-electron chi connectivity index (χ4n) is 2.54. The highest BCUT2D eigenvalue weighted by Crippen LogP contribution is 2.28. The second-order valence-electron chi connectivity index (χ2n) is 5.60. The summed E-state index contributed by atoms with van der Waals surface area (Å²) >= 11 is 6.14. The van der Waals surface area contributed by atoms with Crippen LogP contribution in [0.4, 0.5) is 0 Å². The molecule has 2 aromatic carbocycles. The van der Waals surface area contributed by atoms with E-state index >= 15 is 0 Å².